The molecule has 2 aliphatic heterocycles. The molecule has 3 amide bonds. The summed E-state index contributed by atoms with van der Waals surface area (Å²) in [6.07, 6.45) is 3.05. The molecule has 0 N–H and O–H groups in total. The Kier molecular flexibility index (Phi) is 4.95. The third-order valence-electron chi connectivity index (χ3n) is 6.12. The molecule has 1 aromatic heterocycles. The van der Waals surface area contributed by atoms with Gasteiger partial charge in [-0.05, 0) is 25.0 Å². The lowest BCUT2D eigenvalue weighted by Gasteiger charge is -2.39. The largest absolute Gasteiger partial charge is 0.353 e. The van der Waals surface area contributed by atoms with Gasteiger partial charge in [0.15, 0.2) is 0 Å². The van der Waals surface area contributed by atoms with Crippen molar-refractivity contribution < 1.29 is 14.4 Å². The fourth-order valence-electron chi connectivity index (χ4n) is 4.15. The van der Waals surface area contributed by atoms with Crippen molar-refractivity contribution in [3.63, 3.8) is 0 Å². The van der Waals surface area contributed by atoms with Gasteiger partial charge < -0.3 is 19.6 Å². The molecule has 3 aliphatic rings. The number of hydrogen-bond donors (Lipinski definition) is 0. The first-order valence-electron chi connectivity index (χ1n) is 10.0. The van der Waals surface area contributed by atoms with E-state index in [4.69, 9.17) is 0 Å². The molecule has 28 heavy (non-hydrogen) atoms. The summed E-state index contributed by atoms with van der Waals surface area (Å²) in [6, 6.07) is 5.83. The third-order valence-corrected chi connectivity index (χ3v) is 6.12. The average Bonchev–Trinajstić information content (AvgIpc) is 3.55. The number of nitrogens with zero attached hydrogens (tertiary/aromatic N) is 5. The Bertz CT molecular complexity index is 748. The first kappa shape index (κ1) is 18.7. The Morgan fingerprint density at radius 1 is 0.821 bits per heavy atom. The predicted molar refractivity (Wildman–Crippen MR) is 104 cm³/mol. The van der Waals surface area contributed by atoms with Gasteiger partial charge >= 0.3 is 0 Å². The van der Waals surface area contributed by atoms with Crippen LogP contribution in [-0.4, -0.2) is 89.8 Å². The van der Waals surface area contributed by atoms with E-state index in [1.54, 1.807) is 22.9 Å². The summed E-state index contributed by atoms with van der Waals surface area (Å²) in [4.78, 5) is 49.6. The van der Waals surface area contributed by atoms with Crippen LogP contribution in [0.3, 0.4) is 0 Å². The van der Waals surface area contributed by atoms with E-state index in [0.717, 1.165) is 18.9 Å². The van der Waals surface area contributed by atoms with Gasteiger partial charge in [-0.25, -0.2) is 4.98 Å². The molecule has 8 heteroatoms. The quantitative estimate of drug-likeness (QED) is 0.695. The van der Waals surface area contributed by atoms with Gasteiger partial charge in [-0.2, -0.15) is 0 Å². The summed E-state index contributed by atoms with van der Waals surface area (Å²) < 4.78 is 0. The maximum atomic E-state index is 13.2. The molecular formula is C20H27N5O3. The molecule has 0 radical (unpaired) electrons. The van der Waals surface area contributed by atoms with Crippen LogP contribution < -0.4 is 4.90 Å². The van der Waals surface area contributed by atoms with Crippen molar-refractivity contribution in [2.45, 2.75) is 19.8 Å². The number of piperazine rings is 2. The minimum atomic E-state index is -0.856. The summed E-state index contributed by atoms with van der Waals surface area (Å²) in [7, 11) is 0. The Balaban J connectivity index is 1.34. The highest BCUT2D eigenvalue weighted by Crippen LogP contribution is 2.49. The Hall–Kier alpha value is -2.64. The number of hydrogen-bond acceptors (Lipinski definition) is 5. The number of rotatable bonds is 3. The zero-order chi connectivity index (χ0) is 19.7. The topological polar surface area (TPSA) is 77.1 Å². The van der Waals surface area contributed by atoms with Crippen LogP contribution >= 0.6 is 0 Å². The second-order valence-corrected chi connectivity index (χ2v) is 7.85. The lowest BCUT2D eigenvalue weighted by atomic mass is 10.0. The average molecular weight is 385 g/mol. The smallest absolute Gasteiger partial charge is 0.238 e. The number of pyridine rings is 1. The molecule has 150 valence electrons. The first-order chi connectivity index (χ1) is 13.5. The maximum absolute atomic E-state index is 13.2. The molecule has 1 aromatic rings. The van der Waals surface area contributed by atoms with Gasteiger partial charge in [0.2, 0.25) is 17.7 Å². The lowest BCUT2D eigenvalue weighted by Crippen LogP contribution is -2.56. The van der Waals surface area contributed by atoms with Crippen molar-refractivity contribution in [1.29, 1.82) is 0 Å². The van der Waals surface area contributed by atoms with Crippen LogP contribution in [0.25, 0.3) is 0 Å². The Morgan fingerprint density at radius 3 is 1.82 bits per heavy atom. The number of carbonyl (C=O) groups is 3. The van der Waals surface area contributed by atoms with E-state index in [1.165, 1.54) is 0 Å². The monoisotopic (exact) mass is 385 g/mol. The van der Waals surface area contributed by atoms with Crippen molar-refractivity contribution in [2.75, 3.05) is 57.3 Å². The van der Waals surface area contributed by atoms with Crippen LogP contribution in [0.4, 0.5) is 5.82 Å². The molecule has 3 heterocycles. The van der Waals surface area contributed by atoms with E-state index in [1.807, 2.05) is 23.1 Å². The molecule has 0 unspecified atom stereocenters. The van der Waals surface area contributed by atoms with Crippen LogP contribution in [-0.2, 0) is 14.4 Å². The normalized spacial score (nSPS) is 21.5. The van der Waals surface area contributed by atoms with Crippen LogP contribution in [0.2, 0.25) is 0 Å². The lowest BCUT2D eigenvalue weighted by molar-refractivity contribution is -0.152. The van der Waals surface area contributed by atoms with E-state index in [-0.39, 0.29) is 17.7 Å². The second kappa shape index (κ2) is 7.41. The molecule has 4 rings (SSSR count). The van der Waals surface area contributed by atoms with Gasteiger partial charge in [0.1, 0.15) is 11.2 Å². The second-order valence-electron chi connectivity index (χ2n) is 7.85. The molecule has 0 atom stereocenters. The number of anilines is 1. The predicted octanol–water partition coefficient (Wildman–Crippen LogP) is 0.201. The van der Waals surface area contributed by atoms with Gasteiger partial charge in [0, 0.05) is 65.5 Å². The summed E-state index contributed by atoms with van der Waals surface area (Å²) in [5.74, 6) is 0.894. The number of carbonyl (C=O) groups excluding carboxylic acids is 3. The van der Waals surface area contributed by atoms with E-state index >= 15 is 0 Å². The molecule has 0 aromatic carbocycles. The molecule has 0 bridgehead atoms. The molecular weight excluding hydrogens is 358 g/mol. The van der Waals surface area contributed by atoms with E-state index in [0.29, 0.717) is 52.1 Å². The van der Waals surface area contributed by atoms with Crippen molar-refractivity contribution >= 4 is 23.5 Å². The third kappa shape index (κ3) is 3.43. The fourth-order valence-corrected chi connectivity index (χ4v) is 4.15. The van der Waals surface area contributed by atoms with Gasteiger partial charge in [-0.15, -0.1) is 0 Å². The standard InChI is InChI=1S/C20H27N5O3/c1-16(26)22-8-12-24(13-9-22)18(27)20(5-6-20)19(28)25-14-10-23(11-15-25)17-4-2-3-7-21-17/h2-4,7H,5-6,8-15H2,1H3. The van der Waals surface area contributed by atoms with E-state index in [9.17, 15) is 14.4 Å². The fraction of sp³-hybridized carbons (Fsp3) is 0.600. The van der Waals surface area contributed by atoms with Crippen molar-refractivity contribution in [3.05, 3.63) is 24.4 Å². The maximum Gasteiger partial charge on any atom is 0.238 e. The highest BCUT2D eigenvalue weighted by Gasteiger charge is 2.59. The van der Waals surface area contributed by atoms with E-state index in [2.05, 4.69) is 9.88 Å². The molecule has 1 saturated carbocycles. The zero-order valence-electron chi connectivity index (χ0n) is 16.3. The SMILES string of the molecule is CC(=O)N1CCN(C(=O)C2(C(=O)N3CCN(c4ccccn4)CC3)CC2)CC1. The molecule has 1 aliphatic carbocycles. The Labute approximate surface area is 165 Å². The molecule has 3 fully saturated rings. The highest BCUT2D eigenvalue weighted by molar-refractivity contribution is 6.08. The molecule has 2 saturated heterocycles. The number of amides is 3. The van der Waals surface area contributed by atoms with Crippen molar-refractivity contribution in [3.8, 4) is 0 Å². The van der Waals surface area contributed by atoms with E-state index < -0.39 is 5.41 Å². The van der Waals surface area contributed by atoms with Gasteiger partial charge in [-0.1, -0.05) is 6.07 Å². The summed E-state index contributed by atoms with van der Waals surface area (Å²) >= 11 is 0. The summed E-state index contributed by atoms with van der Waals surface area (Å²) in [5.41, 5.74) is -0.856. The van der Waals surface area contributed by atoms with Crippen LogP contribution in [0.5, 0.6) is 0 Å². The van der Waals surface area contributed by atoms with Gasteiger partial charge in [-0.3, -0.25) is 14.4 Å². The minimum Gasteiger partial charge on any atom is -0.353 e. The van der Waals surface area contributed by atoms with Crippen LogP contribution in [0, 0.1) is 5.41 Å². The van der Waals surface area contributed by atoms with Crippen molar-refractivity contribution in [2.24, 2.45) is 5.41 Å². The van der Waals surface area contributed by atoms with Crippen molar-refractivity contribution in [1.82, 2.24) is 19.7 Å². The molecule has 8 nitrogen and oxygen atoms in total. The van der Waals surface area contributed by atoms with Gasteiger partial charge in [0.25, 0.3) is 0 Å². The van der Waals surface area contributed by atoms with Crippen LogP contribution in [0.1, 0.15) is 19.8 Å². The highest BCUT2D eigenvalue weighted by atomic mass is 16.2. The zero-order valence-corrected chi connectivity index (χ0v) is 16.3. The first-order valence-corrected chi connectivity index (χ1v) is 10.0. The van der Waals surface area contributed by atoms with Crippen LogP contribution in [0.15, 0.2) is 24.4 Å². The number of aromatic nitrogens is 1. The van der Waals surface area contributed by atoms with Gasteiger partial charge in [0.05, 0.1) is 0 Å². The Morgan fingerprint density at radius 2 is 1.36 bits per heavy atom. The molecule has 0 spiro atoms. The summed E-state index contributed by atoms with van der Waals surface area (Å²) in [6.45, 7) is 6.36. The summed E-state index contributed by atoms with van der Waals surface area (Å²) in [5, 5.41) is 0. The minimum absolute atomic E-state index is 0.0211.